The Bertz CT molecular complexity index is 524. The Morgan fingerprint density at radius 3 is 2.74 bits per heavy atom. The lowest BCUT2D eigenvalue weighted by atomic mass is 9.95. The molecule has 1 heterocycles. The van der Waals surface area contributed by atoms with E-state index >= 15 is 0 Å². The van der Waals surface area contributed by atoms with Crippen molar-refractivity contribution >= 4 is 15.9 Å². The molecule has 1 unspecified atom stereocenters. The van der Waals surface area contributed by atoms with E-state index in [0.29, 0.717) is 5.92 Å². The summed E-state index contributed by atoms with van der Waals surface area (Å²) in [6.07, 6.45) is 6.05. The molecule has 1 atom stereocenters. The summed E-state index contributed by atoms with van der Waals surface area (Å²) in [5.41, 5.74) is 2.54. The molecule has 1 aromatic carbocycles. The maximum Gasteiger partial charge on any atom is 0.122 e. The van der Waals surface area contributed by atoms with Crippen LogP contribution in [0.1, 0.15) is 11.1 Å². The molecule has 19 heavy (non-hydrogen) atoms. The number of halogens is 1. The third-order valence-electron chi connectivity index (χ3n) is 3.20. The minimum Gasteiger partial charge on any atom is -0.496 e. The molecule has 0 saturated carbocycles. The van der Waals surface area contributed by atoms with Gasteiger partial charge in [-0.25, -0.2) is 0 Å². The maximum absolute atomic E-state index is 5.41. The van der Waals surface area contributed by atoms with Gasteiger partial charge in [-0.3, -0.25) is 4.68 Å². The van der Waals surface area contributed by atoms with E-state index in [-0.39, 0.29) is 0 Å². The van der Waals surface area contributed by atoms with Gasteiger partial charge in [0.1, 0.15) is 5.75 Å². The van der Waals surface area contributed by atoms with Crippen LogP contribution in [0.2, 0.25) is 0 Å². The maximum atomic E-state index is 5.41. The number of methoxy groups -OCH3 is 1. The molecular formula is C15H19BrN2O. The fraction of sp³-hybridized carbons (Fsp3) is 0.400. The number of hydrogen-bond donors (Lipinski definition) is 0. The monoisotopic (exact) mass is 322 g/mol. The second-order valence-corrected chi connectivity index (χ2v) is 5.41. The predicted molar refractivity (Wildman–Crippen MR) is 80.9 cm³/mol. The van der Waals surface area contributed by atoms with Crippen LogP contribution in [0.3, 0.4) is 0 Å². The Hall–Kier alpha value is -1.29. The average molecular weight is 323 g/mol. The van der Waals surface area contributed by atoms with Crippen molar-refractivity contribution in [2.45, 2.75) is 12.8 Å². The largest absolute Gasteiger partial charge is 0.496 e. The number of aryl methyl sites for hydroxylation is 1. The van der Waals surface area contributed by atoms with Crippen LogP contribution in [0, 0.1) is 5.92 Å². The van der Waals surface area contributed by atoms with Gasteiger partial charge in [-0.05, 0) is 36.0 Å². The third-order valence-corrected chi connectivity index (χ3v) is 4.12. The zero-order valence-corrected chi connectivity index (χ0v) is 12.9. The summed E-state index contributed by atoms with van der Waals surface area (Å²) in [7, 11) is 3.68. The second kappa shape index (κ2) is 6.75. The lowest BCUT2D eigenvalue weighted by Crippen LogP contribution is -2.10. The Labute approximate surface area is 122 Å². The highest BCUT2D eigenvalue weighted by Crippen LogP contribution is 2.23. The molecule has 3 nitrogen and oxygen atoms in total. The molecule has 4 heteroatoms. The summed E-state index contributed by atoms with van der Waals surface area (Å²) < 4.78 is 7.26. The Morgan fingerprint density at radius 2 is 2.11 bits per heavy atom. The molecule has 0 fully saturated rings. The van der Waals surface area contributed by atoms with Crippen molar-refractivity contribution in [3.05, 3.63) is 47.8 Å². The van der Waals surface area contributed by atoms with Crippen molar-refractivity contribution in [3.63, 3.8) is 0 Å². The van der Waals surface area contributed by atoms with Crippen LogP contribution in [0.15, 0.2) is 36.7 Å². The smallest absolute Gasteiger partial charge is 0.122 e. The molecule has 0 radical (unpaired) electrons. The molecule has 0 N–H and O–H groups in total. The summed E-state index contributed by atoms with van der Waals surface area (Å²) in [5.74, 6) is 1.51. The van der Waals surface area contributed by atoms with Crippen LogP contribution < -0.4 is 4.74 Å². The lowest BCUT2D eigenvalue weighted by Gasteiger charge is -2.15. The van der Waals surface area contributed by atoms with Crippen LogP contribution in [0.25, 0.3) is 0 Å². The number of alkyl halides is 1. The van der Waals surface area contributed by atoms with E-state index in [0.717, 1.165) is 23.9 Å². The standard InChI is InChI=1S/C15H19BrN2O/c1-18-11-13(10-17-18)7-12(9-16)8-14-5-3-4-6-15(14)19-2/h3-6,10-12H,7-9H2,1-2H3. The molecule has 0 amide bonds. The third kappa shape index (κ3) is 3.83. The molecule has 102 valence electrons. The first-order valence-corrected chi connectivity index (χ1v) is 7.50. The highest BCUT2D eigenvalue weighted by atomic mass is 79.9. The highest BCUT2D eigenvalue weighted by molar-refractivity contribution is 9.09. The van der Waals surface area contributed by atoms with Gasteiger partial charge in [-0.15, -0.1) is 0 Å². The molecule has 0 bridgehead atoms. The van der Waals surface area contributed by atoms with Gasteiger partial charge >= 0.3 is 0 Å². The van der Waals surface area contributed by atoms with Crippen LogP contribution in [-0.2, 0) is 19.9 Å². The first kappa shape index (κ1) is 14.1. The van der Waals surface area contributed by atoms with Gasteiger partial charge in [-0.1, -0.05) is 34.1 Å². The Morgan fingerprint density at radius 1 is 1.32 bits per heavy atom. The van der Waals surface area contributed by atoms with E-state index in [4.69, 9.17) is 4.74 Å². The minimum atomic E-state index is 0.542. The quantitative estimate of drug-likeness (QED) is 0.763. The Balaban J connectivity index is 2.06. The zero-order valence-electron chi connectivity index (χ0n) is 11.3. The van der Waals surface area contributed by atoms with Crippen molar-refractivity contribution in [1.29, 1.82) is 0 Å². The number of benzene rings is 1. The van der Waals surface area contributed by atoms with Gasteiger partial charge in [0.2, 0.25) is 0 Å². The first-order chi connectivity index (χ1) is 9.22. The lowest BCUT2D eigenvalue weighted by molar-refractivity contribution is 0.406. The first-order valence-electron chi connectivity index (χ1n) is 6.38. The molecule has 2 rings (SSSR count). The number of nitrogens with zero attached hydrogens (tertiary/aromatic N) is 2. The molecule has 0 aliphatic heterocycles. The fourth-order valence-corrected chi connectivity index (χ4v) is 2.73. The van der Waals surface area contributed by atoms with Gasteiger partial charge in [0, 0.05) is 18.6 Å². The van der Waals surface area contributed by atoms with Crippen LogP contribution >= 0.6 is 15.9 Å². The zero-order chi connectivity index (χ0) is 13.7. The van der Waals surface area contributed by atoms with Crippen LogP contribution in [0.4, 0.5) is 0 Å². The highest BCUT2D eigenvalue weighted by Gasteiger charge is 2.13. The predicted octanol–water partition coefficient (Wildman–Crippen LogP) is 3.23. The average Bonchev–Trinajstić information content (AvgIpc) is 2.84. The summed E-state index contributed by atoms with van der Waals surface area (Å²) in [6.45, 7) is 0. The van der Waals surface area contributed by atoms with E-state index in [1.54, 1.807) is 7.11 Å². The van der Waals surface area contributed by atoms with Gasteiger partial charge in [0.15, 0.2) is 0 Å². The molecule has 2 aromatic rings. The summed E-state index contributed by atoms with van der Waals surface area (Å²) in [5, 5.41) is 5.19. The van der Waals surface area contributed by atoms with E-state index in [9.17, 15) is 0 Å². The molecule has 0 aliphatic carbocycles. The number of rotatable bonds is 6. The summed E-state index contributed by atoms with van der Waals surface area (Å²) >= 11 is 3.62. The van der Waals surface area contributed by atoms with Crippen LogP contribution in [-0.4, -0.2) is 22.2 Å². The SMILES string of the molecule is COc1ccccc1CC(CBr)Cc1cnn(C)c1. The second-order valence-electron chi connectivity index (χ2n) is 4.76. The molecule has 0 spiro atoms. The van der Waals surface area contributed by atoms with E-state index in [1.165, 1.54) is 11.1 Å². The number of aromatic nitrogens is 2. The number of hydrogen-bond acceptors (Lipinski definition) is 2. The summed E-state index contributed by atoms with van der Waals surface area (Å²) in [4.78, 5) is 0. The molecular weight excluding hydrogens is 304 g/mol. The summed E-state index contributed by atoms with van der Waals surface area (Å²) in [6, 6.07) is 8.22. The van der Waals surface area contributed by atoms with E-state index in [2.05, 4.69) is 39.4 Å². The van der Waals surface area contributed by atoms with Crippen molar-refractivity contribution < 1.29 is 4.74 Å². The van der Waals surface area contributed by atoms with Gasteiger partial charge in [0.25, 0.3) is 0 Å². The van der Waals surface area contributed by atoms with Gasteiger partial charge < -0.3 is 4.74 Å². The van der Waals surface area contributed by atoms with Crippen molar-refractivity contribution in [2.24, 2.45) is 13.0 Å². The fourth-order valence-electron chi connectivity index (χ4n) is 2.27. The minimum absolute atomic E-state index is 0.542. The van der Waals surface area contributed by atoms with Crippen LogP contribution in [0.5, 0.6) is 5.75 Å². The van der Waals surface area contributed by atoms with Crippen molar-refractivity contribution in [3.8, 4) is 5.75 Å². The van der Waals surface area contributed by atoms with E-state index in [1.807, 2.05) is 30.1 Å². The van der Waals surface area contributed by atoms with Gasteiger partial charge in [0.05, 0.1) is 13.3 Å². The van der Waals surface area contributed by atoms with Crippen molar-refractivity contribution in [2.75, 3.05) is 12.4 Å². The molecule has 0 aliphatic rings. The van der Waals surface area contributed by atoms with Crippen molar-refractivity contribution in [1.82, 2.24) is 9.78 Å². The number of para-hydroxylation sites is 1. The topological polar surface area (TPSA) is 27.1 Å². The van der Waals surface area contributed by atoms with E-state index < -0.39 is 0 Å². The van der Waals surface area contributed by atoms with Gasteiger partial charge in [-0.2, -0.15) is 5.10 Å². The number of ether oxygens (including phenoxy) is 1. The molecule has 0 saturated heterocycles. The Kier molecular flexibility index (Phi) is 5.02. The molecule has 1 aromatic heterocycles. The normalized spacial score (nSPS) is 12.4.